The predicted octanol–water partition coefficient (Wildman–Crippen LogP) is 0.670. The third-order valence-corrected chi connectivity index (χ3v) is 6.28. The van der Waals surface area contributed by atoms with Gasteiger partial charge in [0.2, 0.25) is 0 Å². The van der Waals surface area contributed by atoms with Crippen LogP contribution in [-0.2, 0) is 0 Å². The fourth-order valence-electron chi connectivity index (χ4n) is 4.33. The van der Waals surface area contributed by atoms with Gasteiger partial charge in [0, 0.05) is 10.8 Å². The molecule has 2 amide bonds. The summed E-state index contributed by atoms with van der Waals surface area (Å²) < 4.78 is 10.5. The smallest absolute Gasteiger partial charge is 0.349 e. The molecule has 1 aliphatic rings. The third-order valence-electron chi connectivity index (χ3n) is 6.28. The lowest BCUT2D eigenvalue weighted by Crippen LogP contribution is -3.15. The fourth-order valence-corrected chi connectivity index (χ4v) is 4.33. The summed E-state index contributed by atoms with van der Waals surface area (Å²) in [6.07, 6.45) is 0. The molecule has 0 bridgehead atoms. The first-order chi connectivity index (χ1) is 17.0. The molecule has 9 nitrogen and oxygen atoms in total. The van der Waals surface area contributed by atoms with Crippen molar-refractivity contribution < 1.29 is 23.3 Å². The molecule has 0 unspecified atom stereocenters. The summed E-state index contributed by atoms with van der Waals surface area (Å²) >= 11 is 0. The molecular formula is C26H24N3O6+. The SMILES string of the molecule is O=C(NCC[NH+]1CCN(C(=O)c2cc3ccccc3oc2=O)CC1)c1cc2ccccc2oc1=O. The van der Waals surface area contributed by atoms with Gasteiger partial charge in [-0.15, -0.1) is 0 Å². The minimum absolute atomic E-state index is 0.0247. The van der Waals surface area contributed by atoms with Gasteiger partial charge in [-0.25, -0.2) is 9.59 Å². The second kappa shape index (κ2) is 9.55. The van der Waals surface area contributed by atoms with E-state index in [1.807, 2.05) is 12.1 Å². The van der Waals surface area contributed by atoms with Gasteiger partial charge < -0.3 is 24.0 Å². The fraction of sp³-hybridized carbons (Fsp3) is 0.231. The topological polar surface area (TPSA) is 114 Å². The lowest BCUT2D eigenvalue weighted by atomic mass is 10.1. The Morgan fingerprint density at radius 1 is 0.829 bits per heavy atom. The highest BCUT2D eigenvalue weighted by atomic mass is 16.4. The molecule has 1 saturated heterocycles. The van der Waals surface area contributed by atoms with Gasteiger partial charge in [0.25, 0.3) is 11.8 Å². The zero-order chi connectivity index (χ0) is 24.4. The molecule has 9 heteroatoms. The van der Waals surface area contributed by atoms with Crippen molar-refractivity contribution in [3.8, 4) is 0 Å². The zero-order valence-corrected chi connectivity index (χ0v) is 18.9. The van der Waals surface area contributed by atoms with E-state index in [0.717, 1.165) is 0 Å². The zero-order valence-electron chi connectivity index (χ0n) is 18.9. The Bertz CT molecular complexity index is 1530. The van der Waals surface area contributed by atoms with E-state index in [1.165, 1.54) is 11.0 Å². The van der Waals surface area contributed by atoms with Crippen LogP contribution in [0.2, 0.25) is 0 Å². The summed E-state index contributed by atoms with van der Waals surface area (Å²) in [6.45, 7) is 3.36. The molecule has 1 fully saturated rings. The Morgan fingerprint density at radius 3 is 2.00 bits per heavy atom. The summed E-state index contributed by atoms with van der Waals surface area (Å²) in [5, 5.41) is 4.17. The Morgan fingerprint density at radius 2 is 1.37 bits per heavy atom. The summed E-state index contributed by atoms with van der Waals surface area (Å²) in [7, 11) is 0. The Balaban J connectivity index is 1.15. The molecular weight excluding hydrogens is 450 g/mol. The van der Waals surface area contributed by atoms with Crippen molar-refractivity contribution in [3.63, 3.8) is 0 Å². The number of nitrogens with zero attached hydrogens (tertiary/aromatic N) is 1. The molecule has 5 rings (SSSR count). The number of hydrogen-bond acceptors (Lipinski definition) is 6. The molecule has 2 aromatic carbocycles. The second-order valence-electron chi connectivity index (χ2n) is 8.52. The van der Waals surface area contributed by atoms with Crippen LogP contribution < -0.4 is 21.5 Å². The number of para-hydroxylation sites is 2. The van der Waals surface area contributed by atoms with Crippen molar-refractivity contribution in [2.75, 3.05) is 39.3 Å². The van der Waals surface area contributed by atoms with Gasteiger partial charge in [-0.3, -0.25) is 9.59 Å². The van der Waals surface area contributed by atoms with E-state index in [-0.39, 0.29) is 17.0 Å². The normalized spacial score (nSPS) is 14.3. The molecule has 0 saturated carbocycles. The Kier molecular flexibility index (Phi) is 6.15. The quantitative estimate of drug-likeness (QED) is 0.411. The average molecular weight is 474 g/mol. The largest absolute Gasteiger partial charge is 0.422 e. The van der Waals surface area contributed by atoms with Gasteiger partial charge >= 0.3 is 11.3 Å². The lowest BCUT2D eigenvalue weighted by molar-refractivity contribution is -0.902. The summed E-state index contributed by atoms with van der Waals surface area (Å²) in [6, 6.07) is 17.2. The molecule has 0 atom stereocenters. The van der Waals surface area contributed by atoms with E-state index < -0.39 is 17.2 Å². The number of amides is 2. The highest BCUT2D eigenvalue weighted by Gasteiger charge is 2.27. The van der Waals surface area contributed by atoms with Gasteiger partial charge in [-0.1, -0.05) is 36.4 Å². The first-order valence-corrected chi connectivity index (χ1v) is 11.5. The van der Waals surface area contributed by atoms with Crippen molar-refractivity contribution in [1.29, 1.82) is 0 Å². The molecule has 1 aliphatic heterocycles. The van der Waals surface area contributed by atoms with Crippen LogP contribution in [0.5, 0.6) is 0 Å². The maximum Gasteiger partial charge on any atom is 0.349 e. The van der Waals surface area contributed by atoms with Crippen LogP contribution in [0.3, 0.4) is 0 Å². The Hall–Kier alpha value is -4.24. The first-order valence-electron chi connectivity index (χ1n) is 11.5. The van der Waals surface area contributed by atoms with Gasteiger partial charge in [-0.05, 0) is 24.3 Å². The van der Waals surface area contributed by atoms with E-state index in [0.29, 0.717) is 61.2 Å². The van der Waals surface area contributed by atoms with Crippen LogP contribution in [-0.4, -0.2) is 56.0 Å². The number of rotatable bonds is 5. The number of fused-ring (bicyclic) bond motifs is 2. The number of carbonyl (C=O) groups excluding carboxylic acids is 2. The van der Waals surface area contributed by atoms with Gasteiger partial charge in [0.05, 0.1) is 39.3 Å². The first kappa shape index (κ1) is 22.5. The van der Waals surface area contributed by atoms with E-state index in [2.05, 4.69) is 5.32 Å². The number of piperazine rings is 1. The predicted molar refractivity (Wildman–Crippen MR) is 129 cm³/mol. The molecule has 35 heavy (non-hydrogen) atoms. The van der Waals surface area contributed by atoms with Crippen molar-refractivity contribution in [3.05, 3.63) is 92.6 Å². The van der Waals surface area contributed by atoms with Crippen LogP contribution in [0.4, 0.5) is 0 Å². The standard InChI is InChI=1S/C26H23N3O6/c30-23(19-15-17-5-1-3-7-21(17)34-25(19)32)27-9-10-28-11-13-29(14-12-28)24(31)20-16-18-6-2-4-8-22(18)35-26(20)33/h1-8,15-16H,9-14H2,(H,27,30)/p+1. The van der Waals surface area contributed by atoms with E-state index >= 15 is 0 Å². The van der Waals surface area contributed by atoms with Gasteiger partial charge in [-0.2, -0.15) is 0 Å². The maximum atomic E-state index is 12.9. The number of carbonyl (C=O) groups is 2. The second-order valence-corrected chi connectivity index (χ2v) is 8.52. The van der Waals surface area contributed by atoms with Crippen LogP contribution in [0.1, 0.15) is 20.7 Å². The van der Waals surface area contributed by atoms with Crippen LogP contribution in [0.25, 0.3) is 21.9 Å². The molecule has 178 valence electrons. The van der Waals surface area contributed by atoms with E-state index in [9.17, 15) is 19.2 Å². The number of quaternary nitrogens is 1. The molecule has 0 aliphatic carbocycles. The maximum absolute atomic E-state index is 12.9. The third kappa shape index (κ3) is 4.71. The van der Waals surface area contributed by atoms with Crippen LogP contribution in [0.15, 0.2) is 79.1 Å². The molecule has 0 spiro atoms. The summed E-state index contributed by atoms with van der Waals surface area (Å²) in [4.78, 5) is 52.8. The van der Waals surface area contributed by atoms with E-state index in [4.69, 9.17) is 8.83 Å². The van der Waals surface area contributed by atoms with Gasteiger partial charge in [0.1, 0.15) is 22.3 Å². The van der Waals surface area contributed by atoms with Crippen LogP contribution >= 0.6 is 0 Å². The minimum Gasteiger partial charge on any atom is -0.422 e. The molecule has 4 aromatic rings. The monoisotopic (exact) mass is 474 g/mol. The molecule has 2 aromatic heterocycles. The molecule has 3 heterocycles. The average Bonchev–Trinajstić information content (AvgIpc) is 2.87. The minimum atomic E-state index is -0.668. The van der Waals surface area contributed by atoms with Crippen molar-refractivity contribution >= 4 is 33.8 Å². The molecule has 2 N–H and O–H groups in total. The number of hydrogen-bond donors (Lipinski definition) is 2. The summed E-state index contributed by atoms with van der Waals surface area (Å²) in [5.41, 5.74) is -0.403. The number of nitrogens with one attached hydrogen (secondary N) is 2. The van der Waals surface area contributed by atoms with Crippen LogP contribution in [0, 0.1) is 0 Å². The van der Waals surface area contributed by atoms with Gasteiger partial charge in [0.15, 0.2) is 0 Å². The number of benzene rings is 2. The Labute approximate surface area is 199 Å². The van der Waals surface area contributed by atoms with Crippen molar-refractivity contribution in [1.82, 2.24) is 10.2 Å². The lowest BCUT2D eigenvalue weighted by Gasteiger charge is -2.32. The summed E-state index contributed by atoms with van der Waals surface area (Å²) in [5.74, 6) is -0.805. The van der Waals surface area contributed by atoms with E-state index in [1.54, 1.807) is 47.4 Å². The highest BCUT2D eigenvalue weighted by molar-refractivity contribution is 5.97. The van der Waals surface area contributed by atoms with Crippen molar-refractivity contribution in [2.45, 2.75) is 0 Å². The highest BCUT2D eigenvalue weighted by Crippen LogP contribution is 2.14. The molecule has 0 radical (unpaired) electrons. The van der Waals surface area contributed by atoms with Crippen molar-refractivity contribution in [2.24, 2.45) is 0 Å².